The Morgan fingerprint density at radius 3 is 2.90 bits per heavy atom. The SMILES string of the molecule is Cc1cn[nH]c1C[C@@H]1CCCN(S(=O)(=O)c2cn[nH]c2)C1. The van der Waals surface area contributed by atoms with Gasteiger partial charge in [0.25, 0.3) is 0 Å². The Morgan fingerprint density at radius 1 is 1.38 bits per heavy atom. The summed E-state index contributed by atoms with van der Waals surface area (Å²) in [4.78, 5) is 0.237. The molecule has 114 valence electrons. The Balaban J connectivity index is 1.73. The molecule has 0 aliphatic carbocycles. The van der Waals surface area contributed by atoms with Crippen molar-refractivity contribution in [2.75, 3.05) is 13.1 Å². The molecule has 1 aliphatic rings. The van der Waals surface area contributed by atoms with Crippen LogP contribution in [0.2, 0.25) is 0 Å². The van der Waals surface area contributed by atoms with Crippen molar-refractivity contribution in [1.29, 1.82) is 0 Å². The zero-order valence-electron chi connectivity index (χ0n) is 11.9. The fourth-order valence-electron chi connectivity index (χ4n) is 2.81. The number of hydrogen-bond donors (Lipinski definition) is 2. The van der Waals surface area contributed by atoms with E-state index in [1.807, 2.05) is 6.92 Å². The lowest BCUT2D eigenvalue weighted by molar-refractivity contribution is 0.264. The van der Waals surface area contributed by atoms with Crippen molar-refractivity contribution >= 4 is 10.0 Å². The van der Waals surface area contributed by atoms with Gasteiger partial charge in [0.15, 0.2) is 0 Å². The minimum absolute atomic E-state index is 0.237. The number of nitrogens with zero attached hydrogens (tertiary/aromatic N) is 3. The predicted octanol–water partition coefficient (Wildman–Crippen LogP) is 1.08. The monoisotopic (exact) mass is 309 g/mol. The van der Waals surface area contributed by atoms with E-state index in [4.69, 9.17) is 0 Å². The van der Waals surface area contributed by atoms with Crippen molar-refractivity contribution in [3.05, 3.63) is 29.8 Å². The van der Waals surface area contributed by atoms with Gasteiger partial charge in [-0.15, -0.1) is 0 Å². The van der Waals surface area contributed by atoms with Crippen LogP contribution in [0.3, 0.4) is 0 Å². The zero-order valence-corrected chi connectivity index (χ0v) is 12.7. The third-order valence-corrected chi connectivity index (χ3v) is 5.85. The fraction of sp³-hybridized carbons (Fsp3) is 0.538. The molecule has 0 bridgehead atoms. The number of rotatable bonds is 4. The largest absolute Gasteiger partial charge is 0.284 e. The Bertz CT molecular complexity index is 692. The molecule has 2 aromatic heterocycles. The number of aromatic nitrogens is 4. The summed E-state index contributed by atoms with van der Waals surface area (Å²) in [6.07, 6.45) is 7.35. The first-order chi connectivity index (χ1) is 10.1. The highest BCUT2D eigenvalue weighted by Crippen LogP contribution is 2.25. The van der Waals surface area contributed by atoms with Gasteiger partial charge in [-0.25, -0.2) is 8.42 Å². The number of piperidine rings is 1. The number of sulfonamides is 1. The average Bonchev–Trinajstić information content (AvgIpc) is 3.12. The molecule has 0 radical (unpaired) electrons. The first-order valence-corrected chi connectivity index (χ1v) is 8.49. The lowest BCUT2D eigenvalue weighted by atomic mass is 9.94. The summed E-state index contributed by atoms with van der Waals surface area (Å²) in [5.41, 5.74) is 2.23. The molecule has 0 saturated carbocycles. The van der Waals surface area contributed by atoms with E-state index in [0.29, 0.717) is 19.0 Å². The van der Waals surface area contributed by atoms with Crippen LogP contribution in [0.1, 0.15) is 24.1 Å². The molecule has 7 nitrogen and oxygen atoms in total. The maximum Gasteiger partial charge on any atom is 0.246 e. The van der Waals surface area contributed by atoms with Crippen LogP contribution < -0.4 is 0 Å². The molecule has 21 heavy (non-hydrogen) atoms. The van der Waals surface area contributed by atoms with Crippen molar-refractivity contribution in [2.45, 2.75) is 31.1 Å². The second-order valence-corrected chi connectivity index (χ2v) is 7.48. The van der Waals surface area contributed by atoms with Crippen molar-refractivity contribution in [2.24, 2.45) is 5.92 Å². The highest BCUT2D eigenvalue weighted by Gasteiger charge is 2.31. The van der Waals surface area contributed by atoms with Gasteiger partial charge in [-0.05, 0) is 37.7 Å². The Labute approximate surface area is 123 Å². The van der Waals surface area contributed by atoms with Crippen molar-refractivity contribution in [3.63, 3.8) is 0 Å². The standard InChI is InChI=1S/C13H19N5O2S/c1-10-6-16-17-13(10)5-11-3-2-4-18(9-11)21(19,20)12-7-14-15-8-12/h6-8,11H,2-5,9H2,1H3,(H,14,15)(H,16,17)/t11-/m0/s1. The molecule has 1 aliphatic heterocycles. The topological polar surface area (TPSA) is 94.7 Å². The minimum atomic E-state index is -3.43. The number of hydrogen-bond acceptors (Lipinski definition) is 4. The van der Waals surface area contributed by atoms with Gasteiger partial charge in [-0.2, -0.15) is 14.5 Å². The summed E-state index contributed by atoms with van der Waals surface area (Å²) in [6, 6.07) is 0. The van der Waals surface area contributed by atoms with Gasteiger partial charge in [0.05, 0.1) is 12.4 Å². The van der Waals surface area contributed by atoms with Crippen LogP contribution in [-0.2, 0) is 16.4 Å². The number of aromatic amines is 2. The van der Waals surface area contributed by atoms with E-state index in [1.165, 1.54) is 12.4 Å². The summed E-state index contributed by atoms with van der Waals surface area (Å²) in [5.74, 6) is 0.319. The molecule has 2 aromatic rings. The summed E-state index contributed by atoms with van der Waals surface area (Å²) in [7, 11) is -3.43. The maximum atomic E-state index is 12.5. The summed E-state index contributed by atoms with van der Waals surface area (Å²) in [6.45, 7) is 3.14. The second kappa shape index (κ2) is 5.61. The molecule has 2 N–H and O–H groups in total. The summed E-state index contributed by atoms with van der Waals surface area (Å²) in [5, 5.41) is 13.3. The molecule has 3 rings (SSSR count). The lowest BCUT2D eigenvalue weighted by Crippen LogP contribution is -2.40. The highest BCUT2D eigenvalue weighted by molar-refractivity contribution is 7.89. The van der Waals surface area contributed by atoms with E-state index in [0.717, 1.165) is 30.5 Å². The summed E-state index contributed by atoms with van der Waals surface area (Å²) < 4.78 is 26.6. The third-order valence-electron chi connectivity index (χ3n) is 4.02. The molecular weight excluding hydrogens is 290 g/mol. The first kappa shape index (κ1) is 14.3. The maximum absolute atomic E-state index is 12.5. The van der Waals surface area contributed by atoms with E-state index in [1.54, 1.807) is 10.5 Å². The van der Waals surface area contributed by atoms with Crippen LogP contribution in [-0.4, -0.2) is 46.2 Å². The van der Waals surface area contributed by atoms with Crippen LogP contribution >= 0.6 is 0 Å². The van der Waals surface area contributed by atoms with Gasteiger partial charge in [0, 0.05) is 25.0 Å². The van der Waals surface area contributed by atoms with Crippen molar-refractivity contribution < 1.29 is 8.42 Å². The van der Waals surface area contributed by atoms with E-state index in [9.17, 15) is 8.42 Å². The predicted molar refractivity (Wildman–Crippen MR) is 77.1 cm³/mol. The van der Waals surface area contributed by atoms with Crippen molar-refractivity contribution in [1.82, 2.24) is 24.7 Å². The van der Waals surface area contributed by atoms with Gasteiger partial charge in [-0.1, -0.05) is 0 Å². The fourth-order valence-corrected chi connectivity index (χ4v) is 4.27. The lowest BCUT2D eigenvalue weighted by Gasteiger charge is -2.31. The molecule has 1 fully saturated rings. The number of nitrogens with one attached hydrogen (secondary N) is 2. The minimum Gasteiger partial charge on any atom is -0.284 e. The molecule has 0 aromatic carbocycles. The Morgan fingerprint density at radius 2 is 2.24 bits per heavy atom. The van der Waals surface area contributed by atoms with Gasteiger partial charge in [-0.3, -0.25) is 10.2 Å². The van der Waals surface area contributed by atoms with Gasteiger partial charge in [0.1, 0.15) is 4.90 Å². The van der Waals surface area contributed by atoms with Crippen LogP contribution in [0.25, 0.3) is 0 Å². The molecule has 0 spiro atoms. The zero-order chi connectivity index (χ0) is 14.9. The molecule has 1 atom stereocenters. The van der Waals surface area contributed by atoms with Crippen LogP contribution in [0, 0.1) is 12.8 Å². The first-order valence-electron chi connectivity index (χ1n) is 7.05. The highest BCUT2D eigenvalue weighted by atomic mass is 32.2. The molecular formula is C13H19N5O2S. The van der Waals surface area contributed by atoms with Gasteiger partial charge in [0.2, 0.25) is 10.0 Å². The normalized spacial score (nSPS) is 20.7. The molecule has 1 saturated heterocycles. The van der Waals surface area contributed by atoms with E-state index in [2.05, 4.69) is 20.4 Å². The molecule has 0 amide bonds. The van der Waals surface area contributed by atoms with E-state index < -0.39 is 10.0 Å². The summed E-state index contributed by atoms with van der Waals surface area (Å²) >= 11 is 0. The second-order valence-electron chi connectivity index (χ2n) is 5.54. The Kier molecular flexibility index (Phi) is 3.81. The smallest absolute Gasteiger partial charge is 0.246 e. The molecule has 0 unspecified atom stereocenters. The van der Waals surface area contributed by atoms with Crippen LogP contribution in [0.15, 0.2) is 23.5 Å². The Hall–Kier alpha value is -1.67. The quantitative estimate of drug-likeness (QED) is 0.883. The molecule has 8 heteroatoms. The van der Waals surface area contributed by atoms with Crippen LogP contribution in [0.4, 0.5) is 0 Å². The van der Waals surface area contributed by atoms with E-state index >= 15 is 0 Å². The van der Waals surface area contributed by atoms with Crippen molar-refractivity contribution in [3.8, 4) is 0 Å². The van der Waals surface area contributed by atoms with Gasteiger partial charge < -0.3 is 0 Å². The molecule has 3 heterocycles. The van der Waals surface area contributed by atoms with Crippen LogP contribution in [0.5, 0.6) is 0 Å². The number of H-pyrrole nitrogens is 2. The third kappa shape index (κ3) is 2.86. The average molecular weight is 309 g/mol. The van der Waals surface area contributed by atoms with E-state index in [-0.39, 0.29) is 4.90 Å². The number of aryl methyl sites for hydroxylation is 1. The van der Waals surface area contributed by atoms with Gasteiger partial charge >= 0.3 is 0 Å².